The van der Waals surface area contributed by atoms with Crippen LogP contribution in [-0.4, -0.2) is 32.2 Å². The van der Waals surface area contributed by atoms with Crippen molar-refractivity contribution in [2.45, 2.75) is 31.4 Å². The van der Waals surface area contributed by atoms with Crippen LogP contribution >= 0.6 is 0 Å². The van der Waals surface area contributed by atoms with Gasteiger partial charge >= 0.3 is 0 Å². The maximum Gasteiger partial charge on any atom is 0.158 e. The zero-order chi connectivity index (χ0) is 14.9. The van der Waals surface area contributed by atoms with Gasteiger partial charge in [0.1, 0.15) is 12.2 Å². The quantitative estimate of drug-likeness (QED) is 0.860. The summed E-state index contributed by atoms with van der Waals surface area (Å²) in [6.07, 6.45) is 5.04. The molecule has 0 bridgehead atoms. The van der Waals surface area contributed by atoms with Crippen molar-refractivity contribution >= 4 is 5.78 Å². The Kier molecular flexibility index (Phi) is 3.61. The van der Waals surface area contributed by atoms with Crippen molar-refractivity contribution in [1.82, 2.24) is 9.55 Å². The fraction of sp³-hybridized carbons (Fsp3) is 0.375. The summed E-state index contributed by atoms with van der Waals surface area (Å²) in [4.78, 5) is 15.2. The van der Waals surface area contributed by atoms with Gasteiger partial charge in [-0.3, -0.25) is 4.79 Å². The number of aliphatic hydroxyl groups is 2. The maximum absolute atomic E-state index is 11.1. The number of Topliss-reactive ketones (excluding diaryl/α,β-unsaturated/α-hetero) is 1. The summed E-state index contributed by atoms with van der Waals surface area (Å²) in [7, 11) is 0. The number of imidazole rings is 1. The molecule has 0 fully saturated rings. The third-order valence-electron chi connectivity index (χ3n) is 4.15. The van der Waals surface area contributed by atoms with Crippen molar-refractivity contribution in [3.8, 4) is 0 Å². The third kappa shape index (κ3) is 2.50. The fourth-order valence-electron chi connectivity index (χ4n) is 2.86. The standard InChI is InChI=1S/C16H18N2O3/c19-10-14(20)6-3-12-1-4-13(5-2-12)16(21)7-8-18-11-17-9-15(16)18/h1-2,4-5,9,11,19,21H,3,6-8,10H2. The van der Waals surface area contributed by atoms with Crippen molar-refractivity contribution in [1.29, 1.82) is 0 Å². The summed E-state index contributed by atoms with van der Waals surface area (Å²) in [6.45, 7) is 0.362. The van der Waals surface area contributed by atoms with Gasteiger partial charge in [0.15, 0.2) is 5.78 Å². The number of hydrogen-bond donors (Lipinski definition) is 2. The van der Waals surface area contributed by atoms with E-state index >= 15 is 0 Å². The zero-order valence-corrected chi connectivity index (χ0v) is 11.7. The Morgan fingerprint density at radius 3 is 2.81 bits per heavy atom. The van der Waals surface area contributed by atoms with Gasteiger partial charge in [0.2, 0.25) is 0 Å². The lowest BCUT2D eigenvalue weighted by atomic mass is 9.89. The number of nitrogens with zero attached hydrogens (tertiary/aromatic N) is 2. The lowest BCUT2D eigenvalue weighted by Gasteiger charge is -2.22. The summed E-state index contributed by atoms with van der Waals surface area (Å²) in [5.74, 6) is -0.155. The Labute approximate surface area is 122 Å². The van der Waals surface area contributed by atoms with Crippen LogP contribution in [0, 0.1) is 0 Å². The largest absolute Gasteiger partial charge is 0.389 e. The predicted octanol–water partition coefficient (Wildman–Crippen LogP) is 1.02. The molecule has 2 aromatic rings. The van der Waals surface area contributed by atoms with Gasteiger partial charge in [0.25, 0.3) is 0 Å². The topological polar surface area (TPSA) is 75.3 Å². The van der Waals surface area contributed by atoms with Gasteiger partial charge in [-0.25, -0.2) is 4.98 Å². The van der Waals surface area contributed by atoms with Crippen molar-refractivity contribution < 1.29 is 15.0 Å². The number of aliphatic hydroxyl groups excluding tert-OH is 1. The number of carbonyl (C=O) groups excluding carboxylic acids is 1. The Morgan fingerprint density at radius 2 is 2.10 bits per heavy atom. The Bertz CT molecular complexity index is 648. The molecule has 2 N–H and O–H groups in total. The molecule has 0 saturated carbocycles. The Morgan fingerprint density at radius 1 is 1.33 bits per heavy atom. The lowest BCUT2D eigenvalue weighted by molar-refractivity contribution is -0.121. The van der Waals surface area contributed by atoms with E-state index in [9.17, 15) is 9.90 Å². The van der Waals surface area contributed by atoms with Crippen LogP contribution in [0.2, 0.25) is 0 Å². The van der Waals surface area contributed by atoms with Gasteiger partial charge in [-0.05, 0) is 17.5 Å². The van der Waals surface area contributed by atoms with Gasteiger partial charge in [-0.2, -0.15) is 0 Å². The molecule has 1 aromatic heterocycles. The minimum absolute atomic E-state index is 0.155. The van der Waals surface area contributed by atoms with E-state index in [0.717, 1.165) is 23.4 Å². The van der Waals surface area contributed by atoms with Gasteiger partial charge in [0, 0.05) is 19.4 Å². The van der Waals surface area contributed by atoms with Crippen LogP contribution in [-0.2, 0) is 23.4 Å². The predicted molar refractivity (Wildman–Crippen MR) is 76.7 cm³/mol. The highest BCUT2D eigenvalue weighted by molar-refractivity contribution is 5.79. The lowest BCUT2D eigenvalue weighted by Crippen LogP contribution is -2.23. The normalized spacial score (nSPS) is 20.5. The van der Waals surface area contributed by atoms with E-state index in [4.69, 9.17) is 5.11 Å². The molecule has 1 unspecified atom stereocenters. The first-order valence-corrected chi connectivity index (χ1v) is 7.08. The fourth-order valence-corrected chi connectivity index (χ4v) is 2.86. The number of aryl methyl sites for hydroxylation is 2. The number of aromatic nitrogens is 2. The summed E-state index contributed by atoms with van der Waals surface area (Å²) >= 11 is 0. The molecular weight excluding hydrogens is 268 g/mol. The van der Waals surface area contributed by atoms with Crippen LogP contribution in [0.25, 0.3) is 0 Å². The van der Waals surface area contributed by atoms with Crippen LogP contribution in [0.15, 0.2) is 36.8 Å². The highest BCUT2D eigenvalue weighted by Gasteiger charge is 2.38. The van der Waals surface area contributed by atoms with E-state index in [1.54, 1.807) is 12.5 Å². The van der Waals surface area contributed by atoms with Gasteiger partial charge < -0.3 is 14.8 Å². The molecule has 0 saturated heterocycles. The first kappa shape index (κ1) is 14.0. The van der Waals surface area contributed by atoms with Gasteiger partial charge in [0.05, 0.1) is 18.2 Å². The molecule has 2 heterocycles. The van der Waals surface area contributed by atoms with E-state index in [1.165, 1.54) is 0 Å². The Hall–Kier alpha value is -1.98. The monoisotopic (exact) mass is 286 g/mol. The molecule has 0 amide bonds. The van der Waals surface area contributed by atoms with Crippen molar-refractivity contribution in [2.75, 3.05) is 6.61 Å². The molecule has 1 aromatic carbocycles. The molecule has 110 valence electrons. The maximum atomic E-state index is 11.1. The first-order chi connectivity index (χ1) is 10.1. The van der Waals surface area contributed by atoms with Crippen molar-refractivity contribution in [2.24, 2.45) is 0 Å². The van der Waals surface area contributed by atoms with E-state index in [-0.39, 0.29) is 5.78 Å². The van der Waals surface area contributed by atoms with E-state index in [2.05, 4.69) is 4.98 Å². The van der Waals surface area contributed by atoms with Gasteiger partial charge in [-0.1, -0.05) is 24.3 Å². The third-order valence-corrected chi connectivity index (χ3v) is 4.15. The number of carbonyl (C=O) groups is 1. The van der Waals surface area contributed by atoms with E-state index in [0.29, 0.717) is 19.3 Å². The van der Waals surface area contributed by atoms with Crippen LogP contribution in [0.1, 0.15) is 29.7 Å². The number of ketones is 1. The molecular formula is C16H18N2O3. The van der Waals surface area contributed by atoms with Crippen molar-refractivity contribution in [3.05, 3.63) is 53.6 Å². The second-order valence-electron chi connectivity index (χ2n) is 5.48. The van der Waals surface area contributed by atoms with E-state index < -0.39 is 12.2 Å². The second kappa shape index (κ2) is 5.42. The summed E-state index contributed by atoms with van der Waals surface area (Å²) < 4.78 is 1.97. The molecule has 21 heavy (non-hydrogen) atoms. The highest BCUT2D eigenvalue weighted by atomic mass is 16.3. The highest BCUT2D eigenvalue weighted by Crippen LogP contribution is 2.38. The van der Waals surface area contributed by atoms with Crippen LogP contribution in [0.5, 0.6) is 0 Å². The van der Waals surface area contributed by atoms with Crippen LogP contribution in [0.4, 0.5) is 0 Å². The number of rotatable bonds is 5. The molecule has 3 rings (SSSR count). The molecule has 5 heteroatoms. The SMILES string of the molecule is O=C(CO)CCc1ccc(C2(O)CCn3cncc32)cc1. The summed E-state index contributed by atoms with van der Waals surface area (Å²) in [6, 6.07) is 7.66. The molecule has 0 radical (unpaired) electrons. The van der Waals surface area contributed by atoms with Crippen molar-refractivity contribution in [3.63, 3.8) is 0 Å². The molecule has 1 aliphatic heterocycles. The molecule has 5 nitrogen and oxygen atoms in total. The Balaban J connectivity index is 1.77. The van der Waals surface area contributed by atoms with Crippen LogP contribution < -0.4 is 0 Å². The smallest absolute Gasteiger partial charge is 0.158 e. The molecule has 0 spiro atoms. The average molecular weight is 286 g/mol. The minimum atomic E-state index is -0.976. The number of benzene rings is 1. The molecule has 1 atom stereocenters. The van der Waals surface area contributed by atoms with Gasteiger partial charge in [-0.15, -0.1) is 0 Å². The number of hydrogen-bond acceptors (Lipinski definition) is 4. The van der Waals surface area contributed by atoms with E-state index in [1.807, 2.05) is 28.8 Å². The first-order valence-electron chi connectivity index (χ1n) is 7.08. The minimum Gasteiger partial charge on any atom is -0.389 e. The molecule has 1 aliphatic rings. The number of fused-ring (bicyclic) bond motifs is 1. The average Bonchev–Trinajstić information content (AvgIpc) is 3.10. The summed E-state index contributed by atoms with van der Waals surface area (Å²) in [5, 5.41) is 19.6. The second-order valence-corrected chi connectivity index (χ2v) is 5.48. The zero-order valence-electron chi connectivity index (χ0n) is 11.7. The molecule has 0 aliphatic carbocycles. The van der Waals surface area contributed by atoms with Crippen LogP contribution in [0.3, 0.4) is 0 Å². The summed E-state index contributed by atoms with van der Waals surface area (Å²) in [5.41, 5.74) is 1.72.